The number of hydrogen-bond donors (Lipinski definition) is 0. The van der Waals surface area contributed by atoms with Crippen molar-refractivity contribution in [2.24, 2.45) is 0 Å². The Morgan fingerprint density at radius 2 is 1.05 bits per heavy atom. The van der Waals surface area contributed by atoms with E-state index in [0.29, 0.717) is 6.42 Å². The number of carbonyl (C=O) groups excluding carboxylic acids is 1. The zero-order valence-electron chi connectivity index (χ0n) is 12.4. The summed E-state index contributed by atoms with van der Waals surface area (Å²) in [6, 6.07) is 30.2. The Hall–Kier alpha value is -2.67. The summed E-state index contributed by atoms with van der Waals surface area (Å²) in [7, 11) is 0. The lowest BCUT2D eigenvalue weighted by molar-refractivity contribution is -0.111. The van der Waals surface area contributed by atoms with Gasteiger partial charge in [-0.3, -0.25) is 0 Å². The summed E-state index contributed by atoms with van der Waals surface area (Å²) in [6.07, 6.45) is 1.75. The van der Waals surface area contributed by atoms with Crippen molar-refractivity contribution in [1.82, 2.24) is 0 Å². The second-order valence-corrected chi connectivity index (χ2v) is 5.48. The second-order valence-electron chi connectivity index (χ2n) is 5.48. The van der Waals surface area contributed by atoms with Crippen LogP contribution in [0.5, 0.6) is 0 Å². The molecule has 0 radical (unpaired) electrons. The van der Waals surface area contributed by atoms with Gasteiger partial charge in [-0.25, -0.2) is 0 Å². The molecule has 0 spiro atoms. The van der Waals surface area contributed by atoms with Gasteiger partial charge in [0.1, 0.15) is 6.29 Å². The van der Waals surface area contributed by atoms with Gasteiger partial charge in [0.05, 0.1) is 5.41 Å². The van der Waals surface area contributed by atoms with Crippen molar-refractivity contribution in [2.75, 3.05) is 0 Å². The third-order valence-corrected chi connectivity index (χ3v) is 4.10. The number of rotatable bonds is 5. The monoisotopic (exact) mass is 286 g/mol. The van der Waals surface area contributed by atoms with Crippen LogP contribution in [0.15, 0.2) is 91.0 Å². The minimum atomic E-state index is -0.649. The molecular formula is C21H18O. The molecule has 0 heterocycles. The van der Waals surface area contributed by atoms with Crippen LogP contribution in [-0.2, 0) is 16.6 Å². The first-order chi connectivity index (χ1) is 10.8. The number of carbonyl (C=O) groups is 1. The van der Waals surface area contributed by atoms with E-state index >= 15 is 0 Å². The van der Waals surface area contributed by atoms with Crippen LogP contribution in [0.25, 0.3) is 0 Å². The second kappa shape index (κ2) is 6.40. The van der Waals surface area contributed by atoms with Gasteiger partial charge in [-0.1, -0.05) is 91.0 Å². The highest BCUT2D eigenvalue weighted by molar-refractivity contribution is 5.75. The van der Waals surface area contributed by atoms with Crippen molar-refractivity contribution in [3.63, 3.8) is 0 Å². The predicted octanol–water partition coefficient (Wildman–Crippen LogP) is 4.41. The Morgan fingerprint density at radius 1 is 0.636 bits per heavy atom. The molecule has 0 atom stereocenters. The topological polar surface area (TPSA) is 17.1 Å². The summed E-state index contributed by atoms with van der Waals surface area (Å²) in [6.45, 7) is 0. The highest BCUT2D eigenvalue weighted by Gasteiger charge is 2.34. The number of benzene rings is 3. The SMILES string of the molecule is O=CC(Cc1ccccc1)(c1ccccc1)c1ccccc1. The Balaban J connectivity index is 2.15. The lowest BCUT2D eigenvalue weighted by Gasteiger charge is -2.29. The van der Waals surface area contributed by atoms with E-state index in [0.717, 1.165) is 23.0 Å². The van der Waals surface area contributed by atoms with Gasteiger partial charge in [0.15, 0.2) is 0 Å². The molecule has 3 aromatic rings. The largest absolute Gasteiger partial charge is 0.302 e. The summed E-state index contributed by atoms with van der Waals surface area (Å²) in [5.74, 6) is 0. The summed E-state index contributed by atoms with van der Waals surface area (Å²) in [4.78, 5) is 12.2. The molecule has 0 fully saturated rings. The third-order valence-electron chi connectivity index (χ3n) is 4.10. The molecule has 0 N–H and O–H groups in total. The highest BCUT2D eigenvalue weighted by Crippen LogP contribution is 2.34. The predicted molar refractivity (Wildman–Crippen MR) is 89.9 cm³/mol. The summed E-state index contributed by atoms with van der Waals surface area (Å²) in [5, 5.41) is 0. The molecule has 0 aliphatic heterocycles. The van der Waals surface area contributed by atoms with E-state index in [-0.39, 0.29) is 0 Å². The molecule has 3 aromatic carbocycles. The highest BCUT2D eigenvalue weighted by atomic mass is 16.1. The van der Waals surface area contributed by atoms with E-state index in [1.807, 2.05) is 78.9 Å². The van der Waals surface area contributed by atoms with Crippen LogP contribution in [0.4, 0.5) is 0 Å². The molecule has 0 aromatic heterocycles. The molecule has 0 saturated carbocycles. The third kappa shape index (κ3) is 2.71. The average molecular weight is 286 g/mol. The average Bonchev–Trinajstić information content (AvgIpc) is 2.62. The smallest absolute Gasteiger partial charge is 0.135 e. The van der Waals surface area contributed by atoms with Crippen LogP contribution in [0, 0.1) is 0 Å². The van der Waals surface area contributed by atoms with Gasteiger partial charge in [0, 0.05) is 0 Å². The van der Waals surface area contributed by atoms with Crippen LogP contribution >= 0.6 is 0 Å². The first-order valence-corrected chi connectivity index (χ1v) is 7.46. The first-order valence-electron chi connectivity index (χ1n) is 7.46. The van der Waals surface area contributed by atoms with E-state index in [2.05, 4.69) is 12.1 Å². The van der Waals surface area contributed by atoms with E-state index in [1.165, 1.54) is 0 Å². The molecule has 0 unspecified atom stereocenters. The van der Waals surface area contributed by atoms with Crippen molar-refractivity contribution in [3.05, 3.63) is 108 Å². The Labute approximate surface area is 131 Å². The van der Waals surface area contributed by atoms with Gasteiger partial charge < -0.3 is 4.79 Å². The van der Waals surface area contributed by atoms with Gasteiger partial charge in [-0.15, -0.1) is 0 Å². The van der Waals surface area contributed by atoms with Crippen LogP contribution in [0.2, 0.25) is 0 Å². The minimum Gasteiger partial charge on any atom is -0.302 e. The molecule has 1 nitrogen and oxygen atoms in total. The maximum atomic E-state index is 12.2. The zero-order valence-corrected chi connectivity index (χ0v) is 12.4. The van der Waals surface area contributed by atoms with E-state index < -0.39 is 5.41 Å². The molecule has 0 aliphatic rings. The van der Waals surface area contributed by atoms with Gasteiger partial charge in [-0.05, 0) is 23.1 Å². The van der Waals surface area contributed by atoms with Crippen LogP contribution in [0.3, 0.4) is 0 Å². The summed E-state index contributed by atoms with van der Waals surface area (Å²) < 4.78 is 0. The van der Waals surface area contributed by atoms with E-state index in [9.17, 15) is 4.79 Å². The van der Waals surface area contributed by atoms with Crippen LogP contribution < -0.4 is 0 Å². The van der Waals surface area contributed by atoms with E-state index in [4.69, 9.17) is 0 Å². The molecule has 1 heteroatoms. The fourth-order valence-corrected chi connectivity index (χ4v) is 2.94. The maximum Gasteiger partial charge on any atom is 0.135 e. The fraction of sp³-hybridized carbons (Fsp3) is 0.0952. The van der Waals surface area contributed by atoms with Crippen molar-refractivity contribution in [3.8, 4) is 0 Å². The quantitative estimate of drug-likeness (QED) is 0.635. The lowest BCUT2D eigenvalue weighted by Crippen LogP contribution is -2.32. The number of hydrogen-bond acceptors (Lipinski definition) is 1. The molecule has 108 valence electrons. The van der Waals surface area contributed by atoms with Crippen LogP contribution in [-0.4, -0.2) is 6.29 Å². The minimum absolute atomic E-state index is 0.649. The van der Waals surface area contributed by atoms with Gasteiger partial charge in [0.25, 0.3) is 0 Å². The van der Waals surface area contributed by atoms with Crippen molar-refractivity contribution in [2.45, 2.75) is 11.8 Å². The first kappa shape index (κ1) is 14.3. The summed E-state index contributed by atoms with van der Waals surface area (Å²) in [5.41, 5.74) is 2.56. The van der Waals surface area contributed by atoms with Gasteiger partial charge in [-0.2, -0.15) is 0 Å². The van der Waals surface area contributed by atoms with Crippen molar-refractivity contribution >= 4 is 6.29 Å². The Kier molecular flexibility index (Phi) is 4.15. The zero-order chi connectivity index (χ0) is 15.3. The standard InChI is InChI=1S/C21H18O/c22-17-21(19-12-6-2-7-13-19,20-14-8-3-9-15-20)16-18-10-4-1-5-11-18/h1-15,17H,16H2. The van der Waals surface area contributed by atoms with E-state index in [1.54, 1.807) is 0 Å². The molecule has 0 aliphatic carbocycles. The fourth-order valence-electron chi connectivity index (χ4n) is 2.94. The van der Waals surface area contributed by atoms with Gasteiger partial charge in [0.2, 0.25) is 0 Å². The normalized spacial score (nSPS) is 11.1. The Morgan fingerprint density at radius 3 is 1.45 bits per heavy atom. The molecule has 3 rings (SSSR count). The molecule has 0 saturated heterocycles. The van der Waals surface area contributed by atoms with Crippen LogP contribution in [0.1, 0.15) is 16.7 Å². The van der Waals surface area contributed by atoms with Gasteiger partial charge >= 0.3 is 0 Å². The molecule has 0 amide bonds. The molecular weight excluding hydrogens is 268 g/mol. The van der Waals surface area contributed by atoms with Crippen molar-refractivity contribution in [1.29, 1.82) is 0 Å². The number of aldehydes is 1. The lowest BCUT2D eigenvalue weighted by atomic mass is 9.71. The molecule has 0 bridgehead atoms. The van der Waals surface area contributed by atoms with Crippen molar-refractivity contribution < 1.29 is 4.79 Å². The summed E-state index contributed by atoms with van der Waals surface area (Å²) >= 11 is 0. The maximum absolute atomic E-state index is 12.2. The Bertz CT molecular complexity index is 678. The molecule has 22 heavy (non-hydrogen) atoms.